The van der Waals surface area contributed by atoms with E-state index in [0.29, 0.717) is 11.7 Å². The number of nitrogens with zero attached hydrogens (tertiary/aromatic N) is 4. The summed E-state index contributed by atoms with van der Waals surface area (Å²) in [6.07, 6.45) is 5.43. The van der Waals surface area contributed by atoms with Crippen molar-refractivity contribution in [1.82, 2.24) is 24.8 Å². The number of aromatic nitrogens is 3. The van der Waals surface area contributed by atoms with Crippen molar-refractivity contribution < 1.29 is 9.90 Å². The fraction of sp³-hybridized carbons (Fsp3) is 0.185. The minimum absolute atomic E-state index is 0.0872. The molecule has 8 heteroatoms. The molecular formula is C27H25N5O2S. The molecule has 0 aliphatic carbocycles. The second kappa shape index (κ2) is 9.31. The number of carboxylic acid groups (broad SMARTS) is 1. The van der Waals surface area contributed by atoms with Crippen LogP contribution < -0.4 is 5.32 Å². The number of pyridine rings is 2. The minimum Gasteiger partial charge on any atom is -0.478 e. The second-order valence-electron chi connectivity index (χ2n) is 8.63. The fourth-order valence-corrected chi connectivity index (χ4v) is 5.15. The third kappa shape index (κ3) is 4.28. The van der Waals surface area contributed by atoms with Crippen LogP contribution in [0.2, 0.25) is 0 Å². The fourth-order valence-electron chi connectivity index (χ4n) is 4.84. The van der Waals surface area contributed by atoms with Crippen LogP contribution in [-0.4, -0.2) is 35.6 Å². The van der Waals surface area contributed by atoms with E-state index in [4.69, 9.17) is 12.2 Å². The van der Waals surface area contributed by atoms with E-state index in [1.54, 1.807) is 24.5 Å². The van der Waals surface area contributed by atoms with Gasteiger partial charge in [-0.25, -0.2) is 4.79 Å². The number of thiocarbonyl (C=S) groups is 1. The number of benzene rings is 1. The molecule has 3 aromatic heterocycles. The number of aromatic carboxylic acids is 1. The maximum absolute atomic E-state index is 11.3. The third-order valence-corrected chi connectivity index (χ3v) is 6.79. The Hall–Kier alpha value is -4.04. The molecule has 0 unspecified atom stereocenters. The molecule has 7 nitrogen and oxygen atoms in total. The number of aryl methyl sites for hydroxylation is 1. The van der Waals surface area contributed by atoms with E-state index in [1.807, 2.05) is 48.7 Å². The average Bonchev–Trinajstić information content (AvgIpc) is 3.35. The Morgan fingerprint density at radius 2 is 1.89 bits per heavy atom. The van der Waals surface area contributed by atoms with Crippen molar-refractivity contribution >= 4 is 23.3 Å². The van der Waals surface area contributed by atoms with Crippen LogP contribution in [0, 0.1) is 13.8 Å². The minimum atomic E-state index is -0.937. The molecule has 1 aromatic carbocycles. The van der Waals surface area contributed by atoms with Crippen LogP contribution in [-0.2, 0) is 6.54 Å². The van der Waals surface area contributed by atoms with Gasteiger partial charge in [0.25, 0.3) is 0 Å². The van der Waals surface area contributed by atoms with Crippen molar-refractivity contribution in [2.75, 3.05) is 0 Å². The number of hydrogen-bond donors (Lipinski definition) is 2. The monoisotopic (exact) mass is 483 g/mol. The molecule has 5 rings (SSSR count). The summed E-state index contributed by atoms with van der Waals surface area (Å²) in [4.78, 5) is 22.4. The van der Waals surface area contributed by atoms with Gasteiger partial charge in [-0.15, -0.1) is 0 Å². The number of rotatable bonds is 6. The van der Waals surface area contributed by atoms with Gasteiger partial charge in [-0.1, -0.05) is 12.1 Å². The van der Waals surface area contributed by atoms with E-state index in [-0.39, 0.29) is 17.6 Å². The molecule has 4 heterocycles. The van der Waals surface area contributed by atoms with Crippen LogP contribution in [0.5, 0.6) is 0 Å². The van der Waals surface area contributed by atoms with Crippen LogP contribution in [0.3, 0.4) is 0 Å². The maximum atomic E-state index is 11.3. The van der Waals surface area contributed by atoms with E-state index in [1.165, 1.54) is 0 Å². The molecule has 0 bridgehead atoms. The first kappa shape index (κ1) is 22.7. The van der Waals surface area contributed by atoms with E-state index < -0.39 is 5.97 Å². The number of carbonyl (C=O) groups is 1. The van der Waals surface area contributed by atoms with Gasteiger partial charge in [-0.3, -0.25) is 9.97 Å². The zero-order valence-corrected chi connectivity index (χ0v) is 20.2. The molecule has 0 saturated carbocycles. The van der Waals surface area contributed by atoms with E-state index in [0.717, 1.165) is 33.9 Å². The zero-order chi connectivity index (χ0) is 24.5. The van der Waals surface area contributed by atoms with Gasteiger partial charge in [0.1, 0.15) is 0 Å². The molecule has 1 saturated heterocycles. The van der Waals surface area contributed by atoms with Crippen LogP contribution in [0.1, 0.15) is 50.7 Å². The Balaban J connectivity index is 1.60. The van der Waals surface area contributed by atoms with Crippen LogP contribution in [0.15, 0.2) is 79.3 Å². The molecule has 176 valence electrons. The van der Waals surface area contributed by atoms with Crippen molar-refractivity contribution in [3.05, 3.63) is 113 Å². The quantitative estimate of drug-likeness (QED) is 0.383. The lowest BCUT2D eigenvalue weighted by molar-refractivity contribution is 0.0697. The van der Waals surface area contributed by atoms with E-state index in [2.05, 4.69) is 44.7 Å². The smallest absolute Gasteiger partial charge is 0.335 e. The first-order chi connectivity index (χ1) is 16.9. The average molecular weight is 484 g/mol. The SMILES string of the molecule is Cc1cc([C@H]2[C@@H](c3ccccn3)NC(=S)N2Cc2cccnc2)c(C)n1-c1ccc(C(=O)O)cc1. The van der Waals surface area contributed by atoms with Gasteiger partial charge in [0, 0.05) is 42.2 Å². The zero-order valence-electron chi connectivity index (χ0n) is 19.4. The first-order valence-electron chi connectivity index (χ1n) is 11.3. The van der Waals surface area contributed by atoms with Gasteiger partial charge in [0.15, 0.2) is 5.11 Å². The van der Waals surface area contributed by atoms with Crippen LogP contribution >= 0.6 is 12.2 Å². The van der Waals surface area contributed by atoms with Gasteiger partial charge < -0.3 is 19.9 Å². The summed E-state index contributed by atoms with van der Waals surface area (Å²) in [5.41, 5.74) is 6.43. The van der Waals surface area contributed by atoms with E-state index in [9.17, 15) is 9.90 Å². The molecule has 1 aliphatic heterocycles. The summed E-state index contributed by atoms with van der Waals surface area (Å²) in [5, 5.41) is 13.4. The topological polar surface area (TPSA) is 83.3 Å². The van der Waals surface area contributed by atoms with Crippen LogP contribution in [0.4, 0.5) is 0 Å². The maximum Gasteiger partial charge on any atom is 0.335 e. The molecular weight excluding hydrogens is 458 g/mol. The van der Waals surface area contributed by atoms with Gasteiger partial charge in [-0.2, -0.15) is 0 Å². The number of carboxylic acids is 1. The molecule has 4 aromatic rings. The molecule has 0 amide bonds. The van der Waals surface area contributed by atoms with Crippen molar-refractivity contribution in [2.45, 2.75) is 32.5 Å². The summed E-state index contributed by atoms with van der Waals surface area (Å²) < 4.78 is 2.15. The highest BCUT2D eigenvalue weighted by Crippen LogP contribution is 2.42. The summed E-state index contributed by atoms with van der Waals surface area (Å²) in [6.45, 7) is 4.76. The van der Waals surface area contributed by atoms with Gasteiger partial charge in [0.2, 0.25) is 0 Å². The predicted octanol–water partition coefficient (Wildman–Crippen LogP) is 4.76. The van der Waals surface area contributed by atoms with Gasteiger partial charge >= 0.3 is 5.97 Å². The van der Waals surface area contributed by atoms with Crippen LogP contribution in [0.25, 0.3) is 5.69 Å². The molecule has 35 heavy (non-hydrogen) atoms. The first-order valence-corrected chi connectivity index (χ1v) is 11.7. The summed E-state index contributed by atoms with van der Waals surface area (Å²) in [7, 11) is 0. The molecule has 1 aliphatic rings. The highest BCUT2D eigenvalue weighted by molar-refractivity contribution is 7.80. The Labute approximate surface area is 209 Å². The number of nitrogens with one attached hydrogen (secondary N) is 1. The summed E-state index contributed by atoms with van der Waals surface area (Å²) in [5.74, 6) is -0.937. The molecule has 0 spiro atoms. The lowest BCUT2D eigenvalue weighted by Crippen LogP contribution is -2.29. The standard InChI is InChI=1S/C27H25N5O2S/c1-17-14-22(18(2)32(17)21-10-8-20(9-11-21)26(33)34)25-24(23-7-3-4-13-29-23)30-27(35)31(25)16-19-6-5-12-28-15-19/h3-15,24-25H,16H2,1-2H3,(H,30,35)(H,33,34)/t24-,25+/m1/s1. The summed E-state index contributed by atoms with van der Waals surface area (Å²) in [6, 6.07) is 18.8. The molecule has 0 radical (unpaired) electrons. The Morgan fingerprint density at radius 3 is 2.54 bits per heavy atom. The number of hydrogen-bond acceptors (Lipinski definition) is 4. The third-order valence-electron chi connectivity index (χ3n) is 6.43. The Bertz CT molecular complexity index is 1370. The van der Waals surface area contributed by atoms with Crippen molar-refractivity contribution in [3.63, 3.8) is 0 Å². The Kier molecular flexibility index (Phi) is 6.05. The highest BCUT2D eigenvalue weighted by atomic mass is 32.1. The summed E-state index contributed by atoms with van der Waals surface area (Å²) >= 11 is 5.81. The predicted molar refractivity (Wildman–Crippen MR) is 137 cm³/mol. The van der Waals surface area contributed by atoms with Crippen molar-refractivity contribution in [1.29, 1.82) is 0 Å². The van der Waals surface area contributed by atoms with E-state index >= 15 is 0 Å². The van der Waals surface area contributed by atoms with Gasteiger partial charge in [0.05, 0.1) is 23.3 Å². The lowest BCUT2D eigenvalue weighted by Gasteiger charge is -2.28. The van der Waals surface area contributed by atoms with Crippen molar-refractivity contribution in [3.8, 4) is 5.69 Å². The highest BCUT2D eigenvalue weighted by Gasteiger charge is 2.41. The molecule has 1 fully saturated rings. The molecule has 2 N–H and O–H groups in total. The lowest BCUT2D eigenvalue weighted by atomic mass is 9.96. The molecule has 2 atom stereocenters. The normalized spacial score (nSPS) is 17.4. The Morgan fingerprint density at radius 1 is 1.09 bits per heavy atom. The second-order valence-corrected chi connectivity index (χ2v) is 9.02. The van der Waals surface area contributed by atoms with Crippen molar-refractivity contribution in [2.24, 2.45) is 0 Å². The largest absolute Gasteiger partial charge is 0.478 e. The van der Waals surface area contributed by atoms with Gasteiger partial charge in [-0.05, 0) is 85.7 Å².